The molecule has 0 saturated heterocycles. The first-order chi connectivity index (χ1) is 14.2. The number of nitro groups is 1. The Balaban J connectivity index is 1.82. The molecule has 0 bridgehead atoms. The Morgan fingerprint density at radius 3 is 2.63 bits per heavy atom. The molecule has 0 spiro atoms. The molecule has 0 unspecified atom stereocenters. The Kier molecular flexibility index (Phi) is 8.43. The molecule has 2 aromatic carbocycles. The van der Waals surface area contributed by atoms with Crippen LogP contribution in [-0.2, 0) is 14.8 Å². The van der Waals surface area contributed by atoms with Crippen LogP contribution < -0.4 is 14.4 Å². The second-order valence-electron chi connectivity index (χ2n) is 6.34. The third-order valence-electron chi connectivity index (χ3n) is 4.01. The fourth-order valence-electron chi connectivity index (χ4n) is 2.63. The number of anilines is 1. The van der Waals surface area contributed by atoms with Crippen molar-refractivity contribution in [3.05, 3.63) is 63.7 Å². The first kappa shape index (κ1) is 23.4. The summed E-state index contributed by atoms with van der Waals surface area (Å²) in [6, 6.07) is 12.3. The number of nitro benzene ring substituents is 1. The number of hydrogen-bond acceptors (Lipinski definition) is 6. The monoisotopic (exact) mass is 455 g/mol. The van der Waals surface area contributed by atoms with Crippen molar-refractivity contribution in [3.8, 4) is 5.75 Å². The number of amides is 1. The van der Waals surface area contributed by atoms with Crippen molar-refractivity contribution in [2.75, 3.05) is 30.3 Å². The van der Waals surface area contributed by atoms with Crippen molar-refractivity contribution in [1.82, 2.24) is 5.32 Å². The van der Waals surface area contributed by atoms with Gasteiger partial charge in [-0.05, 0) is 24.6 Å². The molecule has 11 heteroatoms. The maximum Gasteiger partial charge on any atom is 0.271 e. The Labute approximate surface area is 179 Å². The molecule has 0 fully saturated rings. The molecule has 0 atom stereocenters. The summed E-state index contributed by atoms with van der Waals surface area (Å²) in [6.07, 6.45) is 1.35. The van der Waals surface area contributed by atoms with Crippen LogP contribution in [0.1, 0.15) is 12.8 Å². The standard InChI is InChI=1S/C19H22ClN3O6S/c1-30(27,28)22(15-6-4-7-16(14-15)23(25)26)12-5-10-19(24)21-11-13-29-18-9-3-2-8-17(18)20/h2-4,6-9,14H,5,10-13H2,1H3,(H,21,24). The van der Waals surface area contributed by atoms with E-state index in [1.54, 1.807) is 24.3 Å². The number of halogens is 1. The van der Waals surface area contributed by atoms with Crippen LogP contribution >= 0.6 is 11.6 Å². The highest BCUT2D eigenvalue weighted by Crippen LogP contribution is 2.24. The van der Waals surface area contributed by atoms with Gasteiger partial charge in [0.25, 0.3) is 5.69 Å². The predicted octanol–water partition coefficient (Wildman–Crippen LogP) is 2.99. The summed E-state index contributed by atoms with van der Waals surface area (Å²) in [5.74, 6) is 0.263. The van der Waals surface area contributed by atoms with E-state index < -0.39 is 14.9 Å². The third-order valence-corrected chi connectivity index (χ3v) is 5.52. The number of ether oxygens (including phenoxy) is 1. The lowest BCUT2D eigenvalue weighted by molar-refractivity contribution is -0.384. The van der Waals surface area contributed by atoms with E-state index in [1.807, 2.05) is 0 Å². The number of sulfonamides is 1. The van der Waals surface area contributed by atoms with Crippen LogP contribution in [0.4, 0.5) is 11.4 Å². The number of benzene rings is 2. The van der Waals surface area contributed by atoms with E-state index in [0.29, 0.717) is 10.8 Å². The number of carbonyl (C=O) groups is 1. The van der Waals surface area contributed by atoms with Crippen molar-refractivity contribution in [1.29, 1.82) is 0 Å². The Bertz CT molecular complexity index is 999. The molecule has 0 aromatic heterocycles. The SMILES string of the molecule is CS(=O)(=O)N(CCCC(=O)NCCOc1ccccc1Cl)c1cccc([N+](=O)[O-])c1. The van der Waals surface area contributed by atoms with Gasteiger partial charge in [-0.15, -0.1) is 0 Å². The van der Waals surface area contributed by atoms with Crippen molar-refractivity contribution in [2.24, 2.45) is 0 Å². The second kappa shape index (κ2) is 10.8. The van der Waals surface area contributed by atoms with Crippen LogP contribution in [0.3, 0.4) is 0 Å². The summed E-state index contributed by atoms with van der Waals surface area (Å²) in [6.45, 7) is 0.521. The lowest BCUT2D eigenvalue weighted by Crippen LogP contribution is -2.33. The van der Waals surface area contributed by atoms with Crippen LogP contribution in [0.25, 0.3) is 0 Å². The number of hydrogen-bond donors (Lipinski definition) is 1. The largest absolute Gasteiger partial charge is 0.490 e. The maximum atomic E-state index is 12.1. The average molecular weight is 456 g/mol. The van der Waals surface area contributed by atoms with Crippen LogP contribution in [0.5, 0.6) is 5.75 Å². The van der Waals surface area contributed by atoms with Gasteiger partial charge in [-0.25, -0.2) is 8.42 Å². The van der Waals surface area contributed by atoms with E-state index in [4.69, 9.17) is 16.3 Å². The molecule has 0 aliphatic rings. The minimum Gasteiger partial charge on any atom is -0.490 e. The molecule has 0 heterocycles. The van der Waals surface area contributed by atoms with Crippen molar-refractivity contribution >= 4 is 38.9 Å². The van der Waals surface area contributed by atoms with Gasteiger partial charge < -0.3 is 10.1 Å². The van der Waals surface area contributed by atoms with Gasteiger partial charge in [0, 0.05) is 25.1 Å². The van der Waals surface area contributed by atoms with Gasteiger partial charge in [0.1, 0.15) is 12.4 Å². The molecule has 9 nitrogen and oxygen atoms in total. The van der Waals surface area contributed by atoms with Gasteiger partial charge >= 0.3 is 0 Å². The first-order valence-electron chi connectivity index (χ1n) is 9.04. The van der Waals surface area contributed by atoms with Gasteiger partial charge in [-0.1, -0.05) is 29.8 Å². The van der Waals surface area contributed by atoms with Gasteiger partial charge in [-0.2, -0.15) is 0 Å². The van der Waals surface area contributed by atoms with Gasteiger partial charge in [0.15, 0.2) is 0 Å². The van der Waals surface area contributed by atoms with E-state index in [1.165, 1.54) is 24.3 Å². The normalized spacial score (nSPS) is 11.0. The third kappa shape index (κ3) is 7.20. The molecular formula is C19H22ClN3O6S. The van der Waals surface area contributed by atoms with E-state index in [0.717, 1.165) is 10.6 Å². The van der Waals surface area contributed by atoms with Crippen LogP contribution in [-0.4, -0.2) is 45.2 Å². The fourth-order valence-corrected chi connectivity index (χ4v) is 3.78. The number of para-hydroxylation sites is 1. The summed E-state index contributed by atoms with van der Waals surface area (Å²) < 4.78 is 30.7. The molecule has 0 saturated carbocycles. The number of carbonyl (C=O) groups excluding carboxylic acids is 1. The topological polar surface area (TPSA) is 119 Å². The summed E-state index contributed by atoms with van der Waals surface area (Å²) >= 11 is 5.97. The van der Waals surface area contributed by atoms with Crippen LogP contribution in [0.15, 0.2) is 48.5 Å². The summed E-state index contributed by atoms with van der Waals surface area (Å²) in [4.78, 5) is 22.3. The molecule has 162 valence electrons. The van der Waals surface area contributed by atoms with Gasteiger partial charge in [-0.3, -0.25) is 19.2 Å². The summed E-state index contributed by atoms with van der Waals surface area (Å²) in [7, 11) is -3.67. The highest BCUT2D eigenvalue weighted by molar-refractivity contribution is 7.92. The van der Waals surface area contributed by atoms with Gasteiger partial charge in [0.2, 0.25) is 15.9 Å². The number of non-ortho nitro benzene ring substituents is 1. The molecule has 0 aliphatic heterocycles. The summed E-state index contributed by atoms with van der Waals surface area (Å²) in [5, 5.41) is 14.1. The summed E-state index contributed by atoms with van der Waals surface area (Å²) in [5.41, 5.74) is -0.0299. The molecule has 2 rings (SSSR count). The molecule has 1 amide bonds. The predicted molar refractivity (Wildman–Crippen MR) is 114 cm³/mol. The molecular weight excluding hydrogens is 434 g/mol. The van der Waals surface area contributed by atoms with Crippen LogP contribution in [0.2, 0.25) is 5.02 Å². The van der Waals surface area contributed by atoms with E-state index in [9.17, 15) is 23.3 Å². The fraction of sp³-hybridized carbons (Fsp3) is 0.316. The zero-order chi connectivity index (χ0) is 22.1. The van der Waals surface area contributed by atoms with Crippen LogP contribution in [0, 0.1) is 10.1 Å². The van der Waals surface area contributed by atoms with E-state index in [-0.39, 0.29) is 49.8 Å². The highest BCUT2D eigenvalue weighted by Gasteiger charge is 2.19. The molecule has 0 radical (unpaired) electrons. The minimum atomic E-state index is -3.67. The Morgan fingerprint density at radius 1 is 1.23 bits per heavy atom. The van der Waals surface area contributed by atoms with E-state index in [2.05, 4.69) is 5.32 Å². The molecule has 0 aliphatic carbocycles. The minimum absolute atomic E-state index is 0.0174. The van der Waals surface area contributed by atoms with E-state index >= 15 is 0 Å². The lowest BCUT2D eigenvalue weighted by atomic mass is 10.2. The maximum absolute atomic E-state index is 12.1. The zero-order valence-electron chi connectivity index (χ0n) is 16.3. The van der Waals surface area contributed by atoms with Gasteiger partial charge in [0.05, 0.1) is 28.4 Å². The quantitative estimate of drug-likeness (QED) is 0.316. The second-order valence-corrected chi connectivity index (χ2v) is 8.66. The highest BCUT2D eigenvalue weighted by atomic mass is 35.5. The lowest BCUT2D eigenvalue weighted by Gasteiger charge is -2.22. The Morgan fingerprint density at radius 2 is 1.97 bits per heavy atom. The van der Waals surface area contributed by atoms with Crippen molar-refractivity contribution in [3.63, 3.8) is 0 Å². The number of rotatable bonds is 11. The number of nitrogens with zero attached hydrogens (tertiary/aromatic N) is 2. The first-order valence-corrected chi connectivity index (χ1v) is 11.3. The average Bonchev–Trinajstić information content (AvgIpc) is 2.69. The smallest absolute Gasteiger partial charge is 0.271 e. The van der Waals surface area contributed by atoms with Crippen molar-refractivity contribution < 1.29 is 22.9 Å². The molecule has 30 heavy (non-hydrogen) atoms. The Hall–Kier alpha value is -2.85. The zero-order valence-corrected chi connectivity index (χ0v) is 17.9. The molecule has 2 aromatic rings. The number of nitrogens with one attached hydrogen (secondary N) is 1. The van der Waals surface area contributed by atoms with Crippen molar-refractivity contribution in [2.45, 2.75) is 12.8 Å². The molecule has 1 N–H and O–H groups in total.